The number of piperazine rings is 1. The van der Waals surface area contributed by atoms with Crippen molar-refractivity contribution in [2.24, 2.45) is 0 Å². The Hall–Kier alpha value is -3.62. The molecule has 1 saturated heterocycles. The molecule has 3 N–H and O–H groups in total. The first-order chi connectivity index (χ1) is 16.6. The number of aromatic amines is 2. The van der Waals surface area contributed by atoms with Gasteiger partial charge in [-0.15, -0.1) is 0 Å². The molecule has 2 aromatic carbocycles. The van der Waals surface area contributed by atoms with Crippen LogP contribution in [-0.2, 0) is 4.79 Å². The van der Waals surface area contributed by atoms with Crippen molar-refractivity contribution in [1.29, 1.82) is 0 Å². The molecule has 4 aromatic rings. The number of hydrogen-bond donors (Lipinski definition) is 3. The topological polar surface area (TPSA) is 89.3 Å². The van der Waals surface area contributed by atoms with Gasteiger partial charge < -0.3 is 19.9 Å². The lowest BCUT2D eigenvalue weighted by atomic mass is 9.96. The maximum Gasteiger partial charge on any atom is 0.233 e. The Morgan fingerprint density at radius 2 is 1.97 bits per heavy atom. The number of nitrogens with zero attached hydrogens (tertiary/aromatic N) is 3. The number of methoxy groups -OCH3 is 1. The molecule has 1 aliphatic rings. The van der Waals surface area contributed by atoms with E-state index in [9.17, 15) is 4.79 Å². The van der Waals surface area contributed by atoms with Crippen LogP contribution in [-0.4, -0.2) is 77.8 Å². The molecule has 0 aliphatic carbocycles. The average molecular weight is 459 g/mol. The molecule has 0 saturated carbocycles. The Labute approximate surface area is 198 Å². The SMILES string of the molecule is COc1cccc([C@H](CN2CCN(C)CC2)C(=O)Nc2cccc3c(-c4cn[nH]c4)c[nH]c23)c1. The minimum Gasteiger partial charge on any atom is -0.497 e. The quantitative estimate of drug-likeness (QED) is 0.394. The second kappa shape index (κ2) is 9.70. The van der Waals surface area contributed by atoms with Gasteiger partial charge in [0.05, 0.1) is 30.4 Å². The number of carbonyl (C=O) groups excluding carboxylic acids is 1. The van der Waals surface area contributed by atoms with Gasteiger partial charge in [-0.25, -0.2) is 0 Å². The number of carbonyl (C=O) groups is 1. The van der Waals surface area contributed by atoms with E-state index in [1.54, 1.807) is 13.3 Å². The smallest absolute Gasteiger partial charge is 0.233 e. The van der Waals surface area contributed by atoms with Crippen molar-refractivity contribution in [3.63, 3.8) is 0 Å². The molecule has 2 aromatic heterocycles. The van der Waals surface area contributed by atoms with Crippen LogP contribution in [0.5, 0.6) is 5.75 Å². The fourth-order valence-corrected chi connectivity index (χ4v) is 4.60. The molecular weight excluding hydrogens is 428 g/mol. The molecule has 34 heavy (non-hydrogen) atoms. The molecule has 1 atom stereocenters. The molecule has 3 heterocycles. The molecule has 1 fully saturated rings. The van der Waals surface area contributed by atoms with Gasteiger partial charge in [0.1, 0.15) is 5.75 Å². The van der Waals surface area contributed by atoms with E-state index in [1.807, 2.05) is 54.9 Å². The average Bonchev–Trinajstić information content (AvgIpc) is 3.54. The van der Waals surface area contributed by atoms with E-state index in [0.29, 0.717) is 6.54 Å². The van der Waals surface area contributed by atoms with Crippen LogP contribution in [0.1, 0.15) is 11.5 Å². The van der Waals surface area contributed by atoms with E-state index < -0.39 is 0 Å². The number of nitrogens with one attached hydrogen (secondary N) is 3. The number of H-pyrrole nitrogens is 2. The second-order valence-electron chi connectivity index (χ2n) is 8.84. The number of hydrogen-bond acceptors (Lipinski definition) is 5. The second-order valence-corrected chi connectivity index (χ2v) is 8.84. The lowest BCUT2D eigenvalue weighted by Gasteiger charge is -2.34. The summed E-state index contributed by atoms with van der Waals surface area (Å²) in [6.07, 6.45) is 5.61. The zero-order chi connectivity index (χ0) is 23.5. The molecule has 8 nitrogen and oxygen atoms in total. The first kappa shape index (κ1) is 22.2. The zero-order valence-electron chi connectivity index (χ0n) is 19.5. The van der Waals surface area contributed by atoms with E-state index in [-0.39, 0.29) is 11.8 Å². The third-order valence-electron chi connectivity index (χ3n) is 6.63. The van der Waals surface area contributed by atoms with E-state index in [2.05, 4.69) is 37.3 Å². The number of aromatic nitrogens is 3. The van der Waals surface area contributed by atoms with Crippen LogP contribution in [0.2, 0.25) is 0 Å². The third-order valence-corrected chi connectivity index (χ3v) is 6.63. The number of para-hydroxylation sites is 1. The van der Waals surface area contributed by atoms with Gasteiger partial charge in [-0.3, -0.25) is 14.8 Å². The first-order valence-electron chi connectivity index (χ1n) is 11.6. The molecule has 0 radical (unpaired) electrons. The van der Waals surface area contributed by atoms with E-state index >= 15 is 0 Å². The summed E-state index contributed by atoms with van der Waals surface area (Å²) in [5, 5.41) is 11.2. The Balaban J connectivity index is 1.43. The molecule has 8 heteroatoms. The van der Waals surface area contributed by atoms with Gasteiger partial charge in [-0.2, -0.15) is 5.10 Å². The molecule has 0 spiro atoms. The monoisotopic (exact) mass is 458 g/mol. The van der Waals surface area contributed by atoms with Crippen molar-refractivity contribution in [3.05, 3.63) is 66.6 Å². The summed E-state index contributed by atoms with van der Waals surface area (Å²) >= 11 is 0. The summed E-state index contributed by atoms with van der Waals surface area (Å²) in [6, 6.07) is 13.8. The van der Waals surface area contributed by atoms with Gasteiger partial charge in [-0.1, -0.05) is 24.3 Å². The number of benzene rings is 2. The van der Waals surface area contributed by atoms with E-state index in [0.717, 1.165) is 65.2 Å². The summed E-state index contributed by atoms with van der Waals surface area (Å²) < 4.78 is 5.44. The van der Waals surface area contributed by atoms with Gasteiger partial charge in [0.15, 0.2) is 0 Å². The molecule has 0 unspecified atom stereocenters. The van der Waals surface area contributed by atoms with E-state index in [1.165, 1.54) is 0 Å². The summed E-state index contributed by atoms with van der Waals surface area (Å²) in [4.78, 5) is 21.7. The molecule has 1 aliphatic heterocycles. The maximum atomic E-state index is 13.7. The normalized spacial score (nSPS) is 15.9. The Kier molecular flexibility index (Phi) is 6.33. The Bertz CT molecular complexity index is 1260. The first-order valence-corrected chi connectivity index (χ1v) is 11.6. The summed E-state index contributed by atoms with van der Waals surface area (Å²) in [5.74, 6) is 0.404. The van der Waals surface area contributed by atoms with Crippen molar-refractivity contribution >= 4 is 22.5 Å². The number of ether oxygens (including phenoxy) is 1. The zero-order valence-corrected chi connectivity index (χ0v) is 19.5. The fourth-order valence-electron chi connectivity index (χ4n) is 4.60. The van der Waals surface area contributed by atoms with Gasteiger partial charge >= 0.3 is 0 Å². The number of amides is 1. The van der Waals surface area contributed by atoms with Crippen LogP contribution < -0.4 is 10.1 Å². The van der Waals surface area contributed by atoms with Crippen LogP contribution in [0, 0.1) is 0 Å². The fraction of sp³-hybridized carbons (Fsp3) is 0.308. The highest BCUT2D eigenvalue weighted by Crippen LogP contribution is 2.33. The summed E-state index contributed by atoms with van der Waals surface area (Å²) in [5.41, 5.74) is 4.66. The van der Waals surface area contributed by atoms with Crippen LogP contribution in [0.15, 0.2) is 61.1 Å². The Morgan fingerprint density at radius 1 is 1.15 bits per heavy atom. The van der Waals surface area contributed by atoms with Crippen molar-refractivity contribution < 1.29 is 9.53 Å². The third kappa shape index (κ3) is 4.55. The lowest BCUT2D eigenvalue weighted by molar-refractivity contribution is -0.118. The summed E-state index contributed by atoms with van der Waals surface area (Å²) in [6.45, 7) is 4.57. The highest BCUT2D eigenvalue weighted by molar-refractivity contribution is 6.07. The van der Waals surface area contributed by atoms with Crippen molar-refractivity contribution in [1.82, 2.24) is 25.0 Å². The molecule has 5 rings (SSSR count). The molecule has 176 valence electrons. The molecule has 0 bridgehead atoms. The highest BCUT2D eigenvalue weighted by atomic mass is 16.5. The number of likely N-dealkylation sites (N-methyl/N-ethyl adjacent to an activating group) is 1. The molecular formula is C26H30N6O2. The van der Waals surface area contributed by atoms with Crippen LogP contribution in [0.25, 0.3) is 22.0 Å². The molecule has 1 amide bonds. The highest BCUT2D eigenvalue weighted by Gasteiger charge is 2.26. The van der Waals surface area contributed by atoms with Crippen molar-refractivity contribution in [3.8, 4) is 16.9 Å². The van der Waals surface area contributed by atoms with Gasteiger partial charge in [0.2, 0.25) is 5.91 Å². The number of anilines is 1. The van der Waals surface area contributed by atoms with Crippen molar-refractivity contribution in [2.75, 3.05) is 52.2 Å². The standard InChI is InChI=1S/C26H30N6O2/c1-31-9-11-32(12-10-31)17-23(18-5-3-6-20(13-18)34-2)26(33)30-24-8-4-7-21-22(16-27-25(21)24)19-14-28-29-15-19/h3-8,13-16,23,27H,9-12,17H2,1-2H3,(H,28,29)(H,30,33)/t23-/m0/s1. The van der Waals surface area contributed by atoms with Crippen LogP contribution in [0.4, 0.5) is 5.69 Å². The van der Waals surface area contributed by atoms with Gasteiger partial charge in [0, 0.05) is 61.6 Å². The maximum absolute atomic E-state index is 13.7. The Morgan fingerprint density at radius 3 is 2.74 bits per heavy atom. The number of rotatable bonds is 7. The largest absolute Gasteiger partial charge is 0.497 e. The van der Waals surface area contributed by atoms with E-state index in [4.69, 9.17) is 4.74 Å². The van der Waals surface area contributed by atoms with Gasteiger partial charge in [0.25, 0.3) is 0 Å². The lowest BCUT2D eigenvalue weighted by Crippen LogP contribution is -2.47. The van der Waals surface area contributed by atoms with Gasteiger partial charge in [-0.05, 0) is 30.8 Å². The predicted molar refractivity (Wildman–Crippen MR) is 134 cm³/mol. The van der Waals surface area contributed by atoms with Crippen LogP contribution >= 0.6 is 0 Å². The van der Waals surface area contributed by atoms with Crippen LogP contribution in [0.3, 0.4) is 0 Å². The number of fused-ring (bicyclic) bond motifs is 1. The minimum atomic E-state index is -0.322. The van der Waals surface area contributed by atoms with Crippen molar-refractivity contribution in [2.45, 2.75) is 5.92 Å². The summed E-state index contributed by atoms with van der Waals surface area (Å²) in [7, 11) is 3.79. The minimum absolute atomic E-state index is 0.0286. The predicted octanol–water partition coefficient (Wildman–Crippen LogP) is 3.54.